The molecule has 0 aromatic carbocycles. The van der Waals surface area contributed by atoms with Gasteiger partial charge in [-0.15, -0.1) is 0 Å². The Morgan fingerprint density at radius 3 is 3.21 bits per heavy atom. The van der Waals surface area contributed by atoms with Crippen LogP contribution in [0.2, 0.25) is 0 Å². The zero-order chi connectivity index (χ0) is 9.54. The molecule has 1 fully saturated rings. The summed E-state index contributed by atoms with van der Waals surface area (Å²) in [4.78, 5) is 0. The maximum absolute atomic E-state index is 8.84. The summed E-state index contributed by atoms with van der Waals surface area (Å²) in [6.07, 6.45) is 5.94. The van der Waals surface area contributed by atoms with Crippen LogP contribution in [0.1, 0.15) is 42.3 Å². The predicted molar refractivity (Wildman–Crippen MR) is 53.3 cm³/mol. The third-order valence-corrected chi connectivity index (χ3v) is 3.73. The van der Waals surface area contributed by atoms with Crippen molar-refractivity contribution in [2.75, 3.05) is 6.61 Å². The molecule has 76 valence electrons. The van der Waals surface area contributed by atoms with Crippen LogP contribution in [0.15, 0.2) is 10.5 Å². The Morgan fingerprint density at radius 1 is 1.43 bits per heavy atom. The van der Waals surface area contributed by atoms with E-state index in [9.17, 15) is 0 Å². The van der Waals surface area contributed by atoms with Gasteiger partial charge in [-0.25, -0.2) is 0 Å². The van der Waals surface area contributed by atoms with E-state index < -0.39 is 0 Å². The summed E-state index contributed by atoms with van der Waals surface area (Å²) in [5, 5.41) is 8.84. The Kier molecular flexibility index (Phi) is 1.91. The maximum Gasteiger partial charge on any atom is 0.110 e. The highest BCUT2D eigenvalue weighted by atomic mass is 16.3. The fourth-order valence-corrected chi connectivity index (χ4v) is 3.12. The molecule has 2 heteroatoms. The van der Waals surface area contributed by atoms with E-state index in [4.69, 9.17) is 9.52 Å². The zero-order valence-electron chi connectivity index (χ0n) is 8.33. The number of hydrogen-bond donors (Lipinski definition) is 1. The smallest absolute Gasteiger partial charge is 0.110 e. The van der Waals surface area contributed by atoms with Crippen molar-refractivity contribution in [2.24, 2.45) is 5.92 Å². The van der Waals surface area contributed by atoms with Gasteiger partial charge in [0.15, 0.2) is 0 Å². The molecular formula is C12H16O2. The number of aliphatic hydroxyl groups excluding tert-OH is 1. The van der Waals surface area contributed by atoms with Gasteiger partial charge in [0.1, 0.15) is 11.5 Å². The van der Waals surface area contributed by atoms with Crippen molar-refractivity contribution >= 4 is 0 Å². The van der Waals surface area contributed by atoms with Crippen molar-refractivity contribution in [2.45, 2.75) is 38.0 Å². The molecular weight excluding hydrogens is 176 g/mol. The van der Waals surface area contributed by atoms with Gasteiger partial charge in [0.2, 0.25) is 0 Å². The average Bonchev–Trinajstić information content (AvgIpc) is 2.75. The van der Waals surface area contributed by atoms with E-state index >= 15 is 0 Å². The number of furan rings is 1. The molecule has 1 aromatic rings. The molecule has 2 atom stereocenters. The maximum atomic E-state index is 8.84. The van der Waals surface area contributed by atoms with Gasteiger partial charge in [-0.1, -0.05) is 6.42 Å². The van der Waals surface area contributed by atoms with E-state index in [1.165, 1.54) is 37.0 Å². The van der Waals surface area contributed by atoms with Crippen molar-refractivity contribution in [3.63, 3.8) is 0 Å². The molecule has 0 unspecified atom stereocenters. The van der Waals surface area contributed by atoms with E-state index in [-0.39, 0.29) is 6.61 Å². The Bertz CT molecular complexity index is 340. The number of fused-ring (bicyclic) bond motifs is 3. The third-order valence-electron chi connectivity index (χ3n) is 3.73. The standard InChI is InChI=1S/C12H16O2/c13-5-4-10-7-9-6-8-2-1-3-11(8)12(9)14-10/h7-8,11,13H,1-6H2/t8-,11-/m1/s1. The van der Waals surface area contributed by atoms with Crippen LogP contribution in [0.5, 0.6) is 0 Å². The second-order valence-electron chi connectivity index (χ2n) is 4.58. The summed E-state index contributed by atoms with van der Waals surface area (Å²) in [5.41, 5.74) is 1.42. The van der Waals surface area contributed by atoms with Crippen molar-refractivity contribution in [1.29, 1.82) is 0 Å². The Labute approximate surface area is 83.9 Å². The van der Waals surface area contributed by atoms with E-state index in [1.807, 2.05) is 0 Å². The van der Waals surface area contributed by atoms with Gasteiger partial charge >= 0.3 is 0 Å². The molecule has 0 saturated heterocycles. The zero-order valence-corrected chi connectivity index (χ0v) is 8.33. The van der Waals surface area contributed by atoms with Crippen LogP contribution >= 0.6 is 0 Å². The summed E-state index contributed by atoms with van der Waals surface area (Å²) in [5.74, 6) is 3.79. The first-order valence-electron chi connectivity index (χ1n) is 5.61. The second-order valence-corrected chi connectivity index (χ2v) is 4.58. The van der Waals surface area contributed by atoms with E-state index in [2.05, 4.69) is 6.07 Å². The van der Waals surface area contributed by atoms with Gasteiger partial charge < -0.3 is 9.52 Å². The minimum absolute atomic E-state index is 0.195. The molecule has 2 aliphatic rings. The van der Waals surface area contributed by atoms with Gasteiger partial charge in [-0.2, -0.15) is 0 Å². The largest absolute Gasteiger partial charge is 0.465 e. The van der Waals surface area contributed by atoms with Gasteiger partial charge in [0, 0.05) is 12.3 Å². The minimum atomic E-state index is 0.195. The highest BCUT2D eigenvalue weighted by Gasteiger charge is 2.38. The molecule has 0 spiro atoms. The summed E-state index contributed by atoms with van der Waals surface area (Å²) < 4.78 is 5.82. The Morgan fingerprint density at radius 2 is 2.36 bits per heavy atom. The fourth-order valence-electron chi connectivity index (χ4n) is 3.12. The van der Waals surface area contributed by atoms with Gasteiger partial charge in [-0.3, -0.25) is 0 Å². The van der Waals surface area contributed by atoms with Crippen LogP contribution in [0.4, 0.5) is 0 Å². The summed E-state index contributed by atoms with van der Waals surface area (Å²) in [7, 11) is 0. The fraction of sp³-hybridized carbons (Fsp3) is 0.667. The molecule has 0 aliphatic heterocycles. The molecule has 0 bridgehead atoms. The quantitative estimate of drug-likeness (QED) is 0.779. The van der Waals surface area contributed by atoms with Crippen molar-refractivity contribution in [3.8, 4) is 0 Å². The topological polar surface area (TPSA) is 33.4 Å². The highest BCUT2D eigenvalue weighted by molar-refractivity contribution is 5.32. The van der Waals surface area contributed by atoms with Crippen LogP contribution in [0.25, 0.3) is 0 Å². The normalized spacial score (nSPS) is 29.2. The molecule has 2 aliphatic carbocycles. The molecule has 1 heterocycles. The molecule has 1 aromatic heterocycles. The van der Waals surface area contributed by atoms with E-state index in [0.29, 0.717) is 12.3 Å². The Balaban J connectivity index is 1.90. The summed E-state index contributed by atoms with van der Waals surface area (Å²) in [6.45, 7) is 0.195. The minimum Gasteiger partial charge on any atom is -0.465 e. The monoisotopic (exact) mass is 192 g/mol. The first kappa shape index (κ1) is 8.54. The van der Waals surface area contributed by atoms with Gasteiger partial charge in [0.25, 0.3) is 0 Å². The van der Waals surface area contributed by atoms with E-state index in [0.717, 1.165) is 11.7 Å². The van der Waals surface area contributed by atoms with Crippen LogP contribution in [-0.2, 0) is 12.8 Å². The van der Waals surface area contributed by atoms with Crippen LogP contribution < -0.4 is 0 Å². The van der Waals surface area contributed by atoms with Crippen LogP contribution in [0, 0.1) is 5.92 Å². The molecule has 0 amide bonds. The summed E-state index contributed by atoms with van der Waals surface area (Å²) >= 11 is 0. The lowest BCUT2D eigenvalue weighted by Crippen LogP contribution is -1.98. The van der Waals surface area contributed by atoms with Gasteiger partial charge in [0.05, 0.1) is 6.61 Å². The number of rotatable bonds is 2. The van der Waals surface area contributed by atoms with E-state index in [1.54, 1.807) is 0 Å². The SMILES string of the molecule is OCCc1cc2c(o1)[C@@H]1CCC[C@@H]1C2. The van der Waals surface area contributed by atoms with Crippen LogP contribution in [-0.4, -0.2) is 11.7 Å². The number of aliphatic hydroxyl groups is 1. The average molecular weight is 192 g/mol. The van der Waals surface area contributed by atoms with Crippen molar-refractivity contribution < 1.29 is 9.52 Å². The van der Waals surface area contributed by atoms with Gasteiger partial charge in [-0.05, 0) is 36.8 Å². The van der Waals surface area contributed by atoms with Crippen molar-refractivity contribution in [3.05, 3.63) is 23.2 Å². The second kappa shape index (κ2) is 3.13. The Hall–Kier alpha value is -0.760. The summed E-state index contributed by atoms with van der Waals surface area (Å²) in [6, 6.07) is 2.16. The van der Waals surface area contributed by atoms with Crippen LogP contribution in [0.3, 0.4) is 0 Å². The first-order valence-corrected chi connectivity index (χ1v) is 5.61. The third kappa shape index (κ3) is 1.13. The molecule has 1 saturated carbocycles. The lowest BCUT2D eigenvalue weighted by Gasteiger charge is -2.07. The number of hydrogen-bond acceptors (Lipinski definition) is 2. The molecule has 0 radical (unpaired) electrons. The molecule has 14 heavy (non-hydrogen) atoms. The molecule has 3 rings (SSSR count). The lowest BCUT2D eigenvalue weighted by molar-refractivity contribution is 0.284. The molecule has 2 nitrogen and oxygen atoms in total. The highest BCUT2D eigenvalue weighted by Crippen LogP contribution is 2.49. The first-order chi connectivity index (χ1) is 6.88. The van der Waals surface area contributed by atoms with Crippen molar-refractivity contribution in [1.82, 2.24) is 0 Å². The predicted octanol–water partition coefficient (Wildman–Crippen LogP) is 2.25. The molecule has 1 N–H and O–H groups in total. The lowest BCUT2D eigenvalue weighted by atomic mass is 10.00.